The van der Waals surface area contributed by atoms with Crippen molar-refractivity contribution in [2.24, 2.45) is 0 Å². The SMILES string of the molecule is CCOc1ccc(NC(=S)N[C@@H](c2ccccc2)c2ccccc2C)cc1. The van der Waals surface area contributed by atoms with Gasteiger partial charge in [0, 0.05) is 5.69 Å². The maximum atomic E-state index is 5.59. The van der Waals surface area contributed by atoms with Crippen LogP contribution in [-0.2, 0) is 0 Å². The van der Waals surface area contributed by atoms with E-state index >= 15 is 0 Å². The smallest absolute Gasteiger partial charge is 0.171 e. The number of thiocarbonyl (C=S) groups is 1. The van der Waals surface area contributed by atoms with Crippen molar-refractivity contribution in [3.8, 4) is 5.75 Å². The molecule has 0 bridgehead atoms. The fraction of sp³-hybridized carbons (Fsp3) is 0.174. The van der Waals surface area contributed by atoms with Gasteiger partial charge in [0.1, 0.15) is 5.75 Å². The summed E-state index contributed by atoms with van der Waals surface area (Å²) >= 11 is 5.59. The summed E-state index contributed by atoms with van der Waals surface area (Å²) in [5.74, 6) is 0.851. The zero-order chi connectivity index (χ0) is 19.1. The molecule has 3 aromatic carbocycles. The molecule has 0 aliphatic heterocycles. The van der Waals surface area contributed by atoms with Gasteiger partial charge in [0.05, 0.1) is 12.6 Å². The van der Waals surface area contributed by atoms with Gasteiger partial charge in [-0.3, -0.25) is 0 Å². The Bertz CT molecular complexity index is 878. The van der Waals surface area contributed by atoms with Crippen molar-refractivity contribution in [2.45, 2.75) is 19.9 Å². The number of aryl methyl sites for hydroxylation is 1. The first-order valence-electron chi connectivity index (χ1n) is 9.08. The molecular weight excluding hydrogens is 352 g/mol. The molecule has 138 valence electrons. The Hall–Kier alpha value is -2.85. The van der Waals surface area contributed by atoms with E-state index in [4.69, 9.17) is 17.0 Å². The Morgan fingerprint density at radius 1 is 0.926 bits per heavy atom. The highest BCUT2D eigenvalue weighted by Crippen LogP contribution is 2.25. The summed E-state index contributed by atoms with van der Waals surface area (Å²) in [6, 6.07) is 26.5. The third kappa shape index (κ3) is 5.08. The van der Waals surface area contributed by atoms with E-state index in [1.165, 1.54) is 16.7 Å². The van der Waals surface area contributed by atoms with Crippen molar-refractivity contribution in [3.05, 3.63) is 95.6 Å². The molecule has 0 aliphatic carbocycles. The number of hydrogen-bond acceptors (Lipinski definition) is 2. The summed E-state index contributed by atoms with van der Waals surface area (Å²) in [4.78, 5) is 0. The first kappa shape index (κ1) is 18.9. The van der Waals surface area contributed by atoms with Crippen LogP contribution in [0.3, 0.4) is 0 Å². The van der Waals surface area contributed by atoms with E-state index < -0.39 is 0 Å². The van der Waals surface area contributed by atoms with Crippen LogP contribution in [0.25, 0.3) is 0 Å². The van der Waals surface area contributed by atoms with Gasteiger partial charge in [-0.05, 0) is 67.0 Å². The summed E-state index contributed by atoms with van der Waals surface area (Å²) in [6.45, 7) is 4.75. The largest absolute Gasteiger partial charge is 0.494 e. The van der Waals surface area contributed by atoms with Gasteiger partial charge in [0.25, 0.3) is 0 Å². The van der Waals surface area contributed by atoms with E-state index in [-0.39, 0.29) is 6.04 Å². The highest BCUT2D eigenvalue weighted by Gasteiger charge is 2.16. The Balaban J connectivity index is 1.78. The molecule has 0 unspecified atom stereocenters. The molecule has 0 saturated heterocycles. The van der Waals surface area contributed by atoms with Gasteiger partial charge in [-0.15, -0.1) is 0 Å². The van der Waals surface area contributed by atoms with Crippen molar-refractivity contribution in [3.63, 3.8) is 0 Å². The van der Waals surface area contributed by atoms with Gasteiger partial charge >= 0.3 is 0 Å². The average Bonchev–Trinajstić information content (AvgIpc) is 2.69. The average molecular weight is 377 g/mol. The van der Waals surface area contributed by atoms with Crippen molar-refractivity contribution >= 4 is 23.0 Å². The summed E-state index contributed by atoms with van der Waals surface area (Å²) in [5, 5.41) is 7.31. The lowest BCUT2D eigenvalue weighted by molar-refractivity contribution is 0.340. The molecule has 0 spiro atoms. The first-order valence-corrected chi connectivity index (χ1v) is 9.49. The molecule has 4 heteroatoms. The van der Waals surface area contributed by atoms with E-state index in [0.717, 1.165) is 11.4 Å². The van der Waals surface area contributed by atoms with Crippen molar-refractivity contribution in [2.75, 3.05) is 11.9 Å². The van der Waals surface area contributed by atoms with E-state index in [1.807, 2.05) is 49.4 Å². The Kier molecular flexibility index (Phi) is 6.44. The fourth-order valence-electron chi connectivity index (χ4n) is 3.00. The molecule has 0 saturated carbocycles. The van der Waals surface area contributed by atoms with Crippen LogP contribution < -0.4 is 15.4 Å². The van der Waals surface area contributed by atoms with Crippen LogP contribution in [0, 0.1) is 6.92 Å². The zero-order valence-electron chi connectivity index (χ0n) is 15.6. The second-order valence-corrected chi connectivity index (χ2v) is 6.66. The molecule has 1 atom stereocenters. The summed E-state index contributed by atoms with van der Waals surface area (Å²) in [5.41, 5.74) is 4.53. The fourth-order valence-corrected chi connectivity index (χ4v) is 3.23. The maximum absolute atomic E-state index is 5.59. The second kappa shape index (κ2) is 9.19. The van der Waals surface area contributed by atoms with Gasteiger partial charge < -0.3 is 15.4 Å². The molecular formula is C23H24N2OS. The normalized spacial score (nSPS) is 11.5. The van der Waals surface area contributed by atoms with E-state index in [9.17, 15) is 0 Å². The van der Waals surface area contributed by atoms with E-state index in [0.29, 0.717) is 11.7 Å². The van der Waals surface area contributed by atoms with Gasteiger partial charge in [-0.1, -0.05) is 54.6 Å². The van der Waals surface area contributed by atoms with Gasteiger partial charge in [-0.2, -0.15) is 0 Å². The van der Waals surface area contributed by atoms with E-state index in [1.54, 1.807) is 0 Å². The number of hydrogen-bond donors (Lipinski definition) is 2. The van der Waals surface area contributed by atoms with Crippen molar-refractivity contribution in [1.29, 1.82) is 0 Å². The second-order valence-electron chi connectivity index (χ2n) is 6.26. The minimum Gasteiger partial charge on any atom is -0.494 e. The molecule has 2 N–H and O–H groups in total. The monoisotopic (exact) mass is 376 g/mol. The molecule has 0 amide bonds. The standard InChI is InChI=1S/C23H24N2OS/c1-3-26-20-15-13-19(14-16-20)24-23(27)25-22(18-10-5-4-6-11-18)21-12-8-7-9-17(21)2/h4-16,22H,3H2,1-2H3,(H2,24,25,27)/t22-/m0/s1. The number of anilines is 1. The Labute approximate surface area is 166 Å². The minimum atomic E-state index is -0.0184. The molecule has 3 rings (SSSR count). The summed E-state index contributed by atoms with van der Waals surface area (Å²) < 4.78 is 5.48. The van der Waals surface area contributed by atoms with Crippen LogP contribution in [0.4, 0.5) is 5.69 Å². The van der Waals surface area contributed by atoms with Crippen LogP contribution in [0.5, 0.6) is 5.75 Å². The maximum Gasteiger partial charge on any atom is 0.171 e. The molecule has 0 fully saturated rings. The number of benzene rings is 3. The van der Waals surface area contributed by atoms with Crippen LogP contribution >= 0.6 is 12.2 Å². The van der Waals surface area contributed by atoms with Crippen molar-refractivity contribution < 1.29 is 4.74 Å². The van der Waals surface area contributed by atoms with Gasteiger partial charge in [0.15, 0.2) is 5.11 Å². The van der Waals surface area contributed by atoms with Crippen LogP contribution in [-0.4, -0.2) is 11.7 Å². The highest BCUT2D eigenvalue weighted by molar-refractivity contribution is 7.80. The lowest BCUT2D eigenvalue weighted by Gasteiger charge is -2.23. The Morgan fingerprint density at radius 3 is 2.26 bits per heavy atom. The molecule has 3 aromatic rings. The summed E-state index contributed by atoms with van der Waals surface area (Å²) in [6.07, 6.45) is 0. The van der Waals surface area contributed by atoms with Crippen molar-refractivity contribution in [1.82, 2.24) is 5.32 Å². The van der Waals surface area contributed by atoms with Crippen LogP contribution in [0.1, 0.15) is 29.7 Å². The molecule has 0 aromatic heterocycles. The van der Waals surface area contributed by atoms with Crippen LogP contribution in [0.2, 0.25) is 0 Å². The predicted octanol–water partition coefficient (Wildman–Crippen LogP) is 5.47. The quantitative estimate of drug-likeness (QED) is 0.559. The lowest BCUT2D eigenvalue weighted by Crippen LogP contribution is -2.33. The lowest BCUT2D eigenvalue weighted by atomic mass is 9.95. The minimum absolute atomic E-state index is 0.0184. The van der Waals surface area contributed by atoms with Gasteiger partial charge in [-0.25, -0.2) is 0 Å². The third-order valence-electron chi connectivity index (χ3n) is 4.33. The first-order chi connectivity index (χ1) is 13.2. The predicted molar refractivity (Wildman–Crippen MR) is 116 cm³/mol. The number of rotatable bonds is 6. The molecule has 0 radical (unpaired) electrons. The Morgan fingerprint density at radius 2 is 1.59 bits per heavy atom. The number of ether oxygens (including phenoxy) is 1. The summed E-state index contributed by atoms with van der Waals surface area (Å²) in [7, 11) is 0. The number of nitrogens with one attached hydrogen (secondary N) is 2. The van der Waals surface area contributed by atoms with Crippen LogP contribution in [0.15, 0.2) is 78.9 Å². The van der Waals surface area contributed by atoms with Gasteiger partial charge in [0.2, 0.25) is 0 Å². The molecule has 0 aliphatic rings. The zero-order valence-corrected chi connectivity index (χ0v) is 16.4. The molecule has 27 heavy (non-hydrogen) atoms. The molecule has 3 nitrogen and oxygen atoms in total. The highest BCUT2D eigenvalue weighted by atomic mass is 32.1. The molecule has 0 heterocycles. The third-order valence-corrected chi connectivity index (χ3v) is 4.55. The topological polar surface area (TPSA) is 33.3 Å². The van der Waals surface area contributed by atoms with E-state index in [2.05, 4.69) is 54.0 Å².